The summed E-state index contributed by atoms with van der Waals surface area (Å²) in [6.07, 6.45) is 0. The van der Waals surface area contributed by atoms with Crippen molar-refractivity contribution in [1.29, 1.82) is 0 Å². The first-order valence-electron chi connectivity index (χ1n) is 4.87. The minimum Gasteiger partial charge on any atom is -0.235 e. The molecule has 0 saturated carbocycles. The van der Waals surface area contributed by atoms with Crippen LogP contribution in [-0.4, -0.2) is 4.98 Å². The van der Waals surface area contributed by atoms with E-state index in [2.05, 4.69) is 51.2 Å². The van der Waals surface area contributed by atoms with Crippen LogP contribution in [0.15, 0.2) is 36.4 Å². The molecular formula is C12H8BrNS2. The number of hydrogen-bond acceptors (Lipinski definition) is 3. The molecule has 0 aliphatic carbocycles. The van der Waals surface area contributed by atoms with E-state index in [1.807, 2.05) is 6.07 Å². The van der Waals surface area contributed by atoms with Crippen molar-refractivity contribution in [3.8, 4) is 9.88 Å². The number of halogens is 1. The smallest absolute Gasteiger partial charge is 0.134 e. The summed E-state index contributed by atoms with van der Waals surface area (Å²) in [6.45, 7) is 0. The minimum absolute atomic E-state index is 0.919. The minimum atomic E-state index is 0.919. The van der Waals surface area contributed by atoms with E-state index >= 15 is 0 Å². The van der Waals surface area contributed by atoms with Crippen molar-refractivity contribution < 1.29 is 0 Å². The monoisotopic (exact) mass is 309 g/mol. The molecule has 16 heavy (non-hydrogen) atoms. The molecule has 0 aliphatic heterocycles. The van der Waals surface area contributed by atoms with Crippen LogP contribution in [-0.2, 0) is 5.33 Å². The highest BCUT2D eigenvalue weighted by Crippen LogP contribution is 2.34. The van der Waals surface area contributed by atoms with Crippen molar-refractivity contribution in [2.75, 3.05) is 0 Å². The Balaban J connectivity index is 2.11. The zero-order valence-corrected chi connectivity index (χ0v) is 11.5. The van der Waals surface area contributed by atoms with Crippen LogP contribution in [0.1, 0.15) is 4.88 Å². The Morgan fingerprint density at radius 2 is 1.94 bits per heavy atom. The number of nitrogens with zero attached hydrogens (tertiary/aromatic N) is 1. The molecule has 1 nitrogen and oxygen atoms in total. The van der Waals surface area contributed by atoms with Crippen LogP contribution in [0.3, 0.4) is 0 Å². The van der Waals surface area contributed by atoms with Gasteiger partial charge in [-0.2, -0.15) is 0 Å². The summed E-state index contributed by atoms with van der Waals surface area (Å²) >= 11 is 7.03. The third-order valence-electron chi connectivity index (χ3n) is 2.30. The second kappa shape index (κ2) is 4.28. The van der Waals surface area contributed by atoms with Gasteiger partial charge in [-0.1, -0.05) is 28.1 Å². The lowest BCUT2D eigenvalue weighted by Gasteiger charge is -1.86. The summed E-state index contributed by atoms with van der Waals surface area (Å²) in [5.41, 5.74) is 1.09. The third kappa shape index (κ3) is 1.81. The van der Waals surface area contributed by atoms with Gasteiger partial charge in [0.25, 0.3) is 0 Å². The van der Waals surface area contributed by atoms with Crippen molar-refractivity contribution in [1.82, 2.24) is 4.98 Å². The number of aromatic nitrogens is 1. The SMILES string of the molecule is BrCc1ccc(-c2nc3ccccc3s2)s1. The Kier molecular flexibility index (Phi) is 2.79. The van der Waals surface area contributed by atoms with Gasteiger partial charge in [0.1, 0.15) is 5.01 Å². The van der Waals surface area contributed by atoms with Crippen LogP contribution < -0.4 is 0 Å². The fourth-order valence-electron chi connectivity index (χ4n) is 1.54. The van der Waals surface area contributed by atoms with Gasteiger partial charge < -0.3 is 0 Å². The molecule has 0 bridgehead atoms. The average Bonchev–Trinajstić information content (AvgIpc) is 2.95. The van der Waals surface area contributed by atoms with Crippen LogP contribution in [0.4, 0.5) is 0 Å². The molecule has 0 aliphatic rings. The first-order chi connectivity index (χ1) is 7.86. The number of hydrogen-bond donors (Lipinski definition) is 0. The molecule has 2 aromatic heterocycles. The van der Waals surface area contributed by atoms with E-state index in [0.29, 0.717) is 0 Å². The Morgan fingerprint density at radius 3 is 2.69 bits per heavy atom. The van der Waals surface area contributed by atoms with Gasteiger partial charge in [-0.15, -0.1) is 22.7 Å². The summed E-state index contributed by atoms with van der Waals surface area (Å²) in [7, 11) is 0. The first-order valence-corrected chi connectivity index (χ1v) is 7.63. The molecule has 1 aromatic carbocycles. The molecule has 2 heterocycles. The maximum Gasteiger partial charge on any atom is 0.134 e. The van der Waals surface area contributed by atoms with E-state index in [0.717, 1.165) is 15.9 Å². The normalized spacial score (nSPS) is 11.1. The Bertz CT molecular complexity index is 594. The number of thiazole rings is 1. The third-order valence-corrected chi connectivity index (χ3v) is 5.56. The quantitative estimate of drug-likeness (QED) is 0.612. The lowest BCUT2D eigenvalue weighted by molar-refractivity contribution is 1.50. The van der Waals surface area contributed by atoms with Gasteiger partial charge in [0.2, 0.25) is 0 Å². The van der Waals surface area contributed by atoms with Crippen LogP contribution >= 0.6 is 38.6 Å². The molecule has 0 atom stereocenters. The van der Waals surface area contributed by atoms with Crippen LogP contribution in [0.2, 0.25) is 0 Å². The summed E-state index contributed by atoms with van der Waals surface area (Å²) in [5.74, 6) is 0. The molecule has 0 N–H and O–H groups in total. The van der Waals surface area contributed by atoms with Gasteiger partial charge in [0.05, 0.1) is 15.1 Å². The van der Waals surface area contributed by atoms with Gasteiger partial charge in [-0.25, -0.2) is 4.98 Å². The number of para-hydroxylation sites is 1. The van der Waals surface area contributed by atoms with E-state index in [1.165, 1.54) is 14.5 Å². The van der Waals surface area contributed by atoms with E-state index in [9.17, 15) is 0 Å². The molecule has 4 heteroatoms. The maximum atomic E-state index is 4.64. The summed E-state index contributed by atoms with van der Waals surface area (Å²) in [6, 6.07) is 12.6. The zero-order chi connectivity index (χ0) is 11.0. The molecular weight excluding hydrogens is 302 g/mol. The molecule has 80 valence electrons. The van der Waals surface area contributed by atoms with Crippen molar-refractivity contribution in [2.45, 2.75) is 5.33 Å². The molecule has 0 saturated heterocycles. The molecule has 0 spiro atoms. The number of alkyl halides is 1. The summed E-state index contributed by atoms with van der Waals surface area (Å²) in [5, 5.41) is 2.04. The molecule has 0 radical (unpaired) electrons. The predicted octanol–water partition coefficient (Wildman–Crippen LogP) is 4.92. The van der Waals surface area contributed by atoms with E-state index in [-0.39, 0.29) is 0 Å². The highest BCUT2D eigenvalue weighted by atomic mass is 79.9. The number of fused-ring (bicyclic) bond motifs is 1. The maximum absolute atomic E-state index is 4.64. The topological polar surface area (TPSA) is 12.9 Å². The highest BCUT2D eigenvalue weighted by molar-refractivity contribution is 9.08. The highest BCUT2D eigenvalue weighted by Gasteiger charge is 2.07. The molecule has 3 rings (SSSR count). The largest absolute Gasteiger partial charge is 0.235 e. The number of thiophene rings is 1. The fourth-order valence-corrected chi connectivity index (χ4v) is 3.95. The fraction of sp³-hybridized carbons (Fsp3) is 0.0833. The van der Waals surface area contributed by atoms with Crippen molar-refractivity contribution in [2.24, 2.45) is 0 Å². The Morgan fingerprint density at radius 1 is 1.06 bits per heavy atom. The van der Waals surface area contributed by atoms with Crippen LogP contribution in [0.5, 0.6) is 0 Å². The Labute approximate surface area is 110 Å². The van der Waals surface area contributed by atoms with Gasteiger partial charge in [0.15, 0.2) is 0 Å². The van der Waals surface area contributed by atoms with Crippen LogP contribution in [0.25, 0.3) is 20.1 Å². The van der Waals surface area contributed by atoms with Crippen molar-refractivity contribution in [3.05, 3.63) is 41.3 Å². The first kappa shape index (κ1) is 10.4. The van der Waals surface area contributed by atoms with Gasteiger partial charge in [0, 0.05) is 10.2 Å². The number of rotatable bonds is 2. The second-order valence-electron chi connectivity index (χ2n) is 3.39. The van der Waals surface area contributed by atoms with Crippen molar-refractivity contribution in [3.63, 3.8) is 0 Å². The summed E-state index contributed by atoms with van der Waals surface area (Å²) < 4.78 is 1.26. The van der Waals surface area contributed by atoms with Gasteiger partial charge in [-0.3, -0.25) is 0 Å². The van der Waals surface area contributed by atoms with E-state index in [1.54, 1.807) is 22.7 Å². The lowest BCUT2D eigenvalue weighted by atomic mass is 10.3. The standard InChI is InChI=1S/C12H8BrNS2/c13-7-8-5-6-11(15-8)12-14-9-3-1-2-4-10(9)16-12/h1-6H,7H2. The van der Waals surface area contributed by atoms with E-state index in [4.69, 9.17) is 0 Å². The Hall–Kier alpha value is -0.710. The van der Waals surface area contributed by atoms with Gasteiger partial charge in [-0.05, 0) is 24.3 Å². The lowest BCUT2D eigenvalue weighted by Crippen LogP contribution is -1.67. The van der Waals surface area contributed by atoms with Crippen LogP contribution in [0, 0.1) is 0 Å². The van der Waals surface area contributed by atoms with E-state index < -0.39 is 0 Å². The van der Waals surface area contributed by atoms with Crippen molar-refractivity contribution >= 4 is 48.8 Å². The molecule has 0 amide bonds. The number of benzene rings is 1. The molecule has 0 unspecified atom stereocenters. The molecule has 3 aromatic rings. The predicted molar refractivity (Wildman–Crippen MR) is 75.6 cm³/mol. The average molecular weight is 310 g/mol. The van der Waals surface area contributed by atoms with Gasteiger partial charge >= 0.3 is 0 Å². The summed E-state index contributed by atoms with van der Waals surface area (Å²) in [4.78, 5) is 7.25. The second-order valence-corrected chi connectivity index (χ2v) is 6.15. The zero-order valence-electron chi connectivity index (χ0n) is 8.31. The molecule has 0 fully saturated rings.